The Hall–Kier alpha value is -2.42. The number of halogens is 1. The van der Waals surface area contributed by atoms with Crippen LogP contribution in [0.1, 0.15) is 23.6 Å². The molecule has 142 valence electrons. The molecule has 2 N–H and O–H groups in total. The van der Waals surface area contributed by atoms with Crippen LogP contribution in [0.3, 0.4) is 0 Å². The Kier molecular flexibility index (Phi) is 8.25. The molecule has 0 aliphatic rings. The summed E-state index contributed by atoms with van der Waals surface area (Å²) in [7, 11) is 0. The fraction of sp³-hybridized carbons (Fsp3) is 0.250. The number of hydrogen-bond acceptors (Lipinski definition) is 3. The summed E-state index contributed by atoms with van der Waals surface area (Å²) in [4.78, 5) is 9.03. The van der Waals surface area contributed by atoms with E-state index in [0.717, 1.165) is 23.9 Å². The first-order valence-electron chi connectivity index (χ1n) is 8.77. The Bertz CT molecular complexity index is 860. The fourth-order valence-electron chi connectivity index (χ4n) is 2.61. The minimum absolute atomic E-state index is 0. The monoisotopic (exact) mass is 476 g/mol. The van der Waals surface area contributed by atoms with Gasteiger partial charge in [-0.3, -0.25) is 0 Å². The SMILES string of the molecule is CCNC(=NCc1cccc(C)c1)NCc1ccnc(-n2cccn2)c1.I. The number of benzene rings is 1. The van der Waals surface area contributed by atoms with Crippen LogP contribution in [0.2, 0.25) is 0 Å². The van der Waals surface area contributed by atoms with Gasteiger partial charge in [0.15, 0.2) is 11.8 Å². The zero-order chi connectivity index (χ0) is 18.2. The van der Waals surface area contributed by atoms with E-state index in [2.05, 4.69) is 63.8 Å². The number of rotatable bonds is 6. The third kappa shape index (κ3) is 6.35. The van der Waals surface area contributed by atoms with E-state index in [-0.39, 0.29) is 24.0 Å². The lowest BCUT2D eigenvalue weighted by atomic mass is 10.1. The van der Waals surface area contributed by atoms with E-state index < -0.39 is 0 Å². The van der Waals surface area contributed by atoms with Crippen LogP contribution < -0.4 is 10.6 Å². The van der Waals surface area contributed by atoms with Crippen LogP contribution in [0.5, 0.6) is 0 Å². The minimum atomic E-state index is 0. The topological polar surface area (TPSA) is 67.1 Å². The van der Waals surface area contributed by atoms with Gasteiger partial charge < -0.3 is 10.6 Å². The molecule has 2 aromatic heterocycles. The Balaban J connectivity index is 0.00000261. The minimum Gasteiger partial charge on any atom is -0.357 e. The fourth-order valence-corrected chi connectivity index (χ4v) is 2.61. The van der Waals surface area contributed by atoms with Gasteiger partial charge in [0.2, 0.25) is 0 Å². The lowest BCUT2D eigenvalue weighted by Crippen LogP contribution is -2.36. The van der Waals surface area contributed by atoms with E-state index >= 15 is 0 Å². The molecule has 0 aliphatic heterocycles. The van der Waals surface area contributed by atoms with Crippen LogP contribution in [-0.4, -0.2) is 27.3 Å². The van der Waals surface area contributed by atoms with Gasteiger partial charge in [-0.25, -0.2) is 14.7 Å². The molecule has 6 nitrogen and oxygen atoms in total. The maximum Gasteiger partial charge on any atom is 0.191 e. The van der Waals surface area contributed by atoms with Gasteiger partial charge in [-0.1, -0.05) is 29.8 Å². The highest BCUT2D eigenvalue weighted by Gasteiger charge is 2.02. The highest BCUT2D eigenvalue weighted by molar-refractivity contribution is 14.0. The Morgan fingerprint density at radius 2 is 1.96 bits per heavy atom. The van der Waals surface area contributed by atoms with Crippen molar-refractivity contribution in [2.45, 2.75) is 26.9 Å². The molecule has 0 fully saturated rings. The summed E-state index contributed by atoms with van der Waals surface area (Å²) in [6, 6.07) is 14.3. The first kappa shape index (κ1) is 20.9. The lowest BCUT2D eigenvalue weighted by molar-refractivity contribution is 0.805. The number of aliphatic imine (C=N–C) groups is 1. The molecule has 3 rings (SSSR count). The quantitative estimate of drug-likeness (QED) is 0.325. The van der Waals surface area contributed by atoms with Crippen molar-refractivity contribution >= 4 is 29.9 Å². The molecule has 0 amide bonds. The molecule has 0 atom stereocenters. The number of aryl methyl sites for hydroxylation is 1. The van der Waals surface area contributed by atoms with Gasteiger partial charge in [0, 0.05) is 31.7 Å². The summed E-state index contributed by atoms with van der Waals surface area (Å²) >= 11 is 0. The van der Waals surface area contributed by atoms with Crippen LogP contribution in [0.4, 0.5) is 0 Å². The molecule has 3 aromatic rings. The summed E-state index contributed by atoms with van der Waals surface area (Å²) < 4.78 is 1.75. The van der Waals surface area contributed by atoms with Crippen molar-refractivity contribution in [1.82, 2.24) is 25.4 Å². The number of pyridine rings is 1. The Morgan fingerprint density at radius 3 is 2.70 bits per heavy atom. The zero-order valence-corrected chi connectivity index (χ0v) is 17.9. The van der Waals surface area contributed by atoms with Crippen molar-refractivity contribution < 1.29 is 0 Å². The average molecular weight is 476 g/mol. The van der Waals surface area contributed by atoms with Crippen LogP contribution >= 0.6 is 24.0 Å². The molecular weight excluding hydrogens is 451 g/mol. The van der Waals surface area contributed by atoms with Crippen molar-refractivity contribution in [2.75, 3.05) is 6.54 Å². The Labute approximate surface area is 177 Å². The van der Waals surface area contributed by atoms with E-state index in [4.69, 9.17) is 0 Å². The van der Waals surface area contributed by atoms with Gasteiger partial charge in [-0.2, -0.15) is 5.10 Å². The zero-order valence-electron chi connectivity index (χ0n) is 15.6. The van der Waals surface area contributed by atoms with Crippen molar-refractivity contribution in [1.29, 1.82) is 0 Å². The highest BCUT2D eigenvalue weighted by Crippen LogP contribution is 2.07. The molecule has 0 saturated carbocycles. The first-order chi connectivity index (χ1) is 12.7. The normalized spacial score (nSPS) is 11.0. The van der Waals surface area contributed by atoms with Gasteiger partial charge in [-0.15, -0.1) is 24.0 Å². The maximum absolute atomic E-state index is 4.67. The molecule has 0 spiro atoms. The molecule has 7 heteroatoms. The van der Waals surface area contributed by atoms with Gasteiger partial charge in [0.1, 0.15) is 0 Å². The van der Waals surface area contributed by atoms with E-state index in [0.29, 0.717) is 13.1 Å². The lowest BCUT2D eigenvalue weighted by Gasteiger charge is -2.12. The summed E-state index contributed by atoms with van der Waals surface area (Å²) in [6.45, 7) is 6.28. The van der Waals surface area contributed by atoms with Crippen molar-refractivity contribution in [2.24, 2.45) is 4.99 Å². The molecule has 0 aliphatic carbocycles. The molecular formula is C20H25IN6. The van der Waals surface area contributed by atoms with E-state index in [9.17, 15) is 0 Å². The first-order valence-corrected chi connectivity index (χ1v) is 8.77. The van der Waals surface area contributed by atoms with Crippen molar-refractivity contribution in [3.05, 3.63) is 77.7 Å². The predicted octanol–water partition coefficient (Wildman–Crippen LogP) is 3.45. The predicted molar refractivity (Wildman–Crippen MR) is 120 cm³/mol. The van der Waals surface area contributed by atoms with E-state index in [1.54, 1.807) is 17.1 Å². The van der Waals surface area contributed by atoms with Gasteiger partial charge in [-0.05, 0) is 43.2 Å². The maximum atomic E-state index is 4.67. The number of aromatic nitrogens is 3. The third-order valence-corrected chi connectivity index (χ3v) is 3.86. The number of guanidine groups is 1. The second kappa shape index (κ2) is 10.7. The second-order valence-electron chi connectivity index (χ2n) is 6.01. The summed E-state index contributed by atoms with van der Waals surface area (Å²) in [5.41, 5.74) is 3.57. The van der Waals surface area contributed by atoms with E-state index in [1.165, 1.54) is 11.1 Å². The molecule has 0 bridgehead atoms. The molecule has 1 aromatic carbocycles. The summed E-state index contributed by atoms with van der Waals surface area (Å²) in [6.07, 6.45) is 5.42. The standard InChI is InChI=1S/C20H24N6.HI/c1-3-21-20(23-14-17-7-4-6-16(2)12-17)24-15-18-8-10-22-19(13-18)26-11-5-9-25-26;/h4-13H,3,14-15H2,1-2H3,(H2,21,23,24);1H. The average Bonchev–Trinajstić information content (AvgIpc) is 3.19. The summed E-state index contributed by atoms with van der Waals surface area (Å²) in [5, 5.41) is 10.9. The van der Waals surface area contributed by atoms with Crippen LogP contribution in [-0.2, 0) is 13.1 Å². The largest absolute Gasteiger partial charge is 0.357 e. The summed E-state index contributed by atoms with van der Waals surface area (Å²) in [5.74, 6) is 1.60. The van der Waals surface area contributed by atoms with Crippen LogP contribution in [0.15, 0.2) is 66.0 Å². The van der Waals surface area contributed by atoms with Gasteiger partial charge in [0.05, 0.1) is 6.54 Å². The number of hydrogen-bond donors (Lipinski definition) is 2. The van der Waals surface area contributed by atoms with Crippen LogP contribution in [0, 0.1) is 6.92 Å². The molecule has 27 heavy (non-hydrogen) atoms. The third-order valence-electron chi connectivity index (χ3n) is 3.86. The smallest absolute Gasteiger partial charge is 0.191 e. The van der Waals surface area contributed by atoms with Gasteiger partial charge in [0.25, 0.3) is 0 Å². The molecule has 0 radical (unpaired) electrons. The molecule has 2 heterocycles. The number of nitrogens with zero attached hydrogens (tertiary/aromatic N) is 4. The second-order valence-corrected chi connectivity index (χ2v) is 6.01. The molecule has 0 saturated heterocycles. The van der Waals surface area contributed by atoms with Crippen molar-refractivity contribution in [3.63, 3.8) is 0 Å². The molecule has 0 unspecified atom stereocenters. The van der Waals surface area contributed by atoms with Gasteiger partial charge >= 0.3 is 0 Å². The highest BCUT2D eigenvalue weighted by atomic mass is 127. The van der Waals surface area contributed by atoms with Crippen molar-refractivity contribution in [3.8, 4) is 5.82 Å². The van der Waals surface area contributed by atoms with Crippen LogP contribution in [0.25, 0.3) is 5.82 Å². The number of nitrogens with one attached hydrogen (secondary N) is 2. The van der Waals surface area contributed by atoms with E-state index in [1.807, 2.05) is 24.4 Å². The Morgan fingerprint density at radius 1 is 1.07 bits per heavy atom.